The third kappa shape index (κ3) is 2.64. The highest BCUT2D eigenvalue weighted by molar-refractivity contribution is 5.94. The highest BCUT2D eigenvalue weighted by Crippen LogP contribution is 2.22. The minimum atomic E-state index is 0.116. The molecule has 0 radical (unpaired) electrons. The molecule has 92 valence electrons. The summed E-state index contributed by atoms with van der Waals surface area (Å²) in [5.74, 6) is 0.116. The summed E-state index contributed by atoms with van der Waals surface area (Å²) in [6.45, 7) is 3.85. The van der Waals surface area contributed by atoms with Crippen molar-refractivity contribution in [3.05, 3.63) is 30.1 Å². The molecule has 1 aliphatic rings. The normalized spacial score (nSPS) is 19.1. The van der Waals surface area contributed by atoms with Crippen LogP contribution in [0.5, 0.6) is 0 Å². The van der Waals surface area contributed by atoms with Crippen LogP contribution in [0.1, 0.15) is 30.1 Å². The minimum absolute atomic E-state index is 0.116. The molecule has 1 aliphatic heterocycles. The Hall–Kier alpha value is -1.42. The fourth-order valence-corrected chi connectivity index (χ4v) is 2.13. The van der Waals surface area contributed by atoms with Gasteiger partial charge in [-0.05, 0) is 38.9 Å². The Bertz CT molecular complexity index is 383. The van der Waals surface area contributed by atoms with Crippen LogP contribution in [0.2, 0.25) is 0 Å². The van der Waals surface area contributed by atoms with Gasteiger partial charge in [0.1, 0.15) is 0 Å². The predicted molar refractivity (Wildman–Crippen MR) is 66.8 cm³/mol. The molecule has 0 atom stereocenters. The van der Waals surface area contributed by atoms with E-state index < -0.39 is 0 Å². The van der Waals surface area contributed by atoms with Crippen LogP contribution in [0.25, 0.3) is 0 Å². The van der Waals surface area contributed by atoms with E-state index in [0.29, 0.717) is 0 Å². The second-order valence-electron chi connectivity index (χ2n) is 4.84. The van der Waals surface area contributed by atoms with Crippen LogP contribution in [0.4, 0.5) is 0 Å². The van der Waals surface area contributed by atoms with Crippen LogP contribution in [-0.4, -0.2) is 41.5 Å². The third-order valence-electron chi connectivity index (χ3n) is 3.69. The third-order valence-corrected chi connectivity index (χ3v) is 3.69. The van der Waals surface area contributed by atoms with Crippen LogP contribution >= 0.6 is 0 Å². The van der Waals surface area contributed by atoms with Crippen LogP contribution in [0.3, 0.4) is 0 Å². The van der Waals surface area contributed by atoms with Crippen molar-refractivity contribution in [2.24, 2.45) is 0 Å². The first kappa shape index (κ1) is 12.0. The summed E-state index contributed by atoms with van der Waals surface area (Å²) >= 11 is 0. The zero-order valence-electron chi connectivity index (χ0n) is 10.4. The van der Waals surface area contributed by atoms with Gasteiger partial charge in [0.05, 0.1) is 0 Å². The van der Waals surface area contributed by atoms with E-state index in [4.69, 9.17) is 0 Å². The molecule has 4 nitrogen and oxygen atoms in total. The number of rotatable bonds is 2. The Balaban J connectivity index is 2.00. The quantitative estimate of drug-likeness (QED) is 0.837. The summed E-state index contributed by atoms with van der Waals surface area (Å²) in [6.07, 6.45) is 5.32. The largest absolute Gasteiger partial charge is 0.339 e. The predicted octanol–water partition coefficient (Wildman–Crippen LogP) is 1.30. The Morgan fingerprint density at radius 2 is 1.94 bits per heavy atom. The van der Waals surface area contributed by atoms with Crippen LogP contribution < -0.4 is 5.32 Å². The second-order valence-corrected chi connectivity index (χ2v) is 4.84. The molecule has 17 heavy (non-hydrogen) atoms. The Morgan fingerprint density at radius 1 is 1.35 bits per heavy atom. The summed E-state index contributed by atoms with van der Waals surface area (Å²) in [5.41, 5.74) is 0.905. The van der Waals surface area contributed by atoms with E-state index in [1.54, 1.807) is 24.5 Å². The van der Waals surface area contributed by atoms with Gasteiger partial charge in [-0.15, -0.1) is 0 Å². The molecule has 1 amide bonds. The maximum Gasteiger partial charge on any atom is 0.253 e. The number of piperidine rings is 1. The van der Waals surface area contributed by atoms with Crippen LogP contribution in [-0.2, 0) is 0 Å². The molecule has 0 spiro atoms. The number of aromatic nitrogens is 1. The number of carbonyl (C=O) groups is 1. The average Bonchev–Trinajstić information content (AvgIpc) is 2.40. The summed E-state index contributed by atoms with van der Waals surface area (Å²) < 4.78 is 0. The molecule has 1 N–H and O–H groups in total. The molecule has 1 aromatic rings. The average molecular weight is 233 g/mol. The van der Waals surface area contributed by atoms with Gasteiger partial charge in [-0.2, -0.15) is 0 Å². The smallest absolute Gasteiger partial charge is 0.253 e. The monoisotopic (exact) mass is 233 g/mol. The maximum absolute atomic E-state index is 12.2. The zero-order valence-corrected chi connectivity index (χ0v) is 10.4. The van der Waals surface area contributed by atoms with Gasteiger partial charge in [0.25, 0.3) is 5.91 Å². The molecule has 4 heteroatoms. The first-order chi connectivity index (χ1) is 8.14. The SMILES string of the molecule is CNC1(C)CCN(C(=O)c2ccncc2)CC1. The molecule has 0 bridgehead atoms. The van der Waals surface area contributed by atoms with E-state index in [1.165, 1.54) is 0 Å². The Morgan fingerprint density at radius 3 is 2.47 bits per heavy atom. The molecule has 1 saturated heterocycles. The van der Waals surface area contributed by atoms with Gasteiger partial charge in [-0.1, -0.05) is 0 Å². The lowest BCUT2D eigenvalue weighted by molar-refractivity contribution is 0.0661. The number of pyridine rings is 1. The number of hydrogen-bond donors (Lipinski definition) is 1. The van der Waals surface area contributed by atoms with E-state index in [1.807, 2.05) is 11.9 Å². The van der Waals surface area contributed by atoms with Crippen molar-refractivity contribution in [3.63, 3.8) is 0 Å². The Kier molecular flexibility index (Phi) is 3.43. The molecule has 0 saturated carbocycles. The standard InChI is InChI=1S/C13H19N3O/c1-13(14-2)5-9-16(10-6-13)12(17)11-3-7-15-8-4-11/h3-4,7-8,14H,5-6,9-10H2,1-2H3. The van der Waals surface area contributed by atoms with Gasteiger partial charge in [-0.25, -0.2) is 0 Å². The van der Waals surface area contributed by atoms with Gasteiger partial charge in [0.15, 0.2) is 0 Å². The first-order valence-electron chi connectivity index (χ1n) is 6.03. The van der Waals surface area contributed by atoms with Gasteiger partial charge in [0.2, 0.25) is 0 Å². The van der Waals surface area contributed by atoms with E-state index >= 15 is 0 Å². The van der Waals surface area contributed by atoms with Gasteiger partial charge in [-0.3, -0.25) is 9.78 Å². The van der Waals surface area contributed by atoms with Crippen LogP contribution in [0.15, 0.2) is 24.5 Å². The highest BCUT2D eigenvalue weighted by Gasteiger charge is 2.30. The number of carbonyl (C=O) groups excluding carboxylic acids is 1. The fraction of sp³-hybridized carbons (Fsp3) is 0.538. The molecule has 0 unspecified atom stereocenters. The number of nitrogens with zero attached hydrogens (tertiary/aromatic N) is 2. The molecular formula is C13H19N3O. The zero-order chi connectivity index (χ0) is 12.3. The van der Waals surface area contributed by atoms with Crippen LogP contribution in [0, 0.1) is 0 Å². The molecule has 2 heterocycles. The van der Waals surface area contributed by atoms with Crippen molar-refractivity contribution >= 4 is 5.91 Å². The van der Waals surface area contributed by atoms with E-state index in [0.717, 1.165) is 31.5 Å². The number of hydrogen-bond acceptors (Lipinski definition) is 3. The lowest BCUT2D eigenvalue weighted by Crippen LogP contribution is -2.51. The summed E-state index contributed by atoms with van der Waals surface area (Å²) in [7, 11) is 1.99. The van der Waals surface area contributed by atoms with Crippen molar-refractivity contribution in [1.29, 1.82) is 0 Å². The summed E-state index contributed by atoms with van der Waals surface area (Å²) in [4.78, 5) is 18.0. The van der Waals surface area contributed by atoms with Crippen molar-refractivity contribution in [2.45, 2.75) is 25.3 Å². The minimum Gasteiger partial charge on any atom is -0.339 e. The first-order valence-corrected chi connectivity index (χ1v) is 6.03. The summed E-state index contributed by atoms with van der Waals surface area (Å²) in [6, 6.07) is 3.54. The van der Waals surface area contributed by atoms with E-state index in [2.05, 4.69) is 17.2 Å². The molecule has 1 fully saturated rings. The number of nitrogens with one attached hydrogen (secondary N) is 1. The molecule has 0 aliphatic carbocycles. The lowest BCUT2D eigenvalue weighted by Gasteiger charge is -2.39. The van der Waals surface area contributed by atoms with Gasteiger partial charge >= 0.3 is 0 Å². The van der Waals surface area contributed by atoms with Crippen molar-refractivity contribution in [1.82, 2.24) is 15.2 Å². The Labute approximate surface area is 102 Å². The van der Waals surface area contributed by atoms with E-state index in [-0.39, 0.29) is 11.4 Å². The van der Waals surface area contributed by atoms with Gasteiger partial charge < -0.3 is 10.2 Å². The molecular weight excluding hydrogens is 214 g/mol. The topological polar surface area (TPSA) is 45.2 Å². The van der Waals surface area contributed by atoms with Gasteiger partial charge in [0, 0.05) is 36.6 Å². The molecule has 2 rings (SSSR count). The van der Waals surface area contributed by atoms with Crippen molar-refractivity contribution in [3.8, 4) is 0 Å². The highest BCUT2D eigenvalue weighted by atomic mass is 16.2. The molecule has 1 aromatic heterocycles. The number of likely N-dealkylation sites (tertiary alicyclic amines) is 1. The lowest BCUT2D eigenvalue weighted by atomic mass is 9.89. The summed E-state index contributed by atoms with van der Waals surface area (Å²) in [5, 5.41) is 3.33. The second kappa shape index (κ2) is 4.84. The van der Waals surface area contributed by atoms with Crippen molar-refractivity contribution in [2.75, 3.05) is 20.1 Å². The molecule has 0 aromatic carbocycles. The van der Waals surface area contributed by atoms with Crippen molar-refractivity contribution < 1.29 is 4.79 Å². The maximum atomic E-state index is 12.2. The fourth-order valence-electron chi connectivity index (χ4n) is 2.13. The van der Waals surface area contributed by atoms with E-state index in [9.17, 15) is 4.79 Å². The number of amides is 1.